The van der Waals surface area contributed by atoms with Crippen molar-refractivity contribution in [1.82, 2.24) is 0 Å². The first kappa shape index (κ1) is 13.0. The van der Waals surface area contributed by atoms with Gasteiger partial charge in [-0.25, -0.2) is 4.39 Å². The number of halogens is 2. The summed E-state index contributed by atoms with van der Waals surface area (Å²) in [7, 11) is 0. The summed E-state index contributed by atoms with van der Waals surface area (Å²) in [6, 6.07) is 9.28. The zero-order chi connectivity index (χ0) is 13.3. The van der Waals surface area contributed by atoms with Crippen LogP contribution in [-0.4, -0.2) is 5.78 Å². The summed E-state index contributed by atoms with van der Waals surface area (Å²) in [5.41, 5.74) is 8.29. The fourth-order valence-corrected chi connectivity index (χ4v) is 2.37. The molecule has 0 saturated heterocycles. The lowest BCUT2D eigenvalue weighted by Gasteiger charge is -2.06. The first-order chi connectivity index (χ1) is 8.49. The molecule has 0 spiro atoms. The normalized spacial score (nSPS) is 10.4. The molecule has 0 amide bonds. The molecule has 2 aromatic carbocycles. The van der Waals surface area contributed by atoms with Crippen LogP contribution in [0.25, 0.3) is 0 Å². The third-order valence-electron chi connectivity index (χ3n) is 2.71. The monoisotopic (exact) mass is 355 g/mol. The molecular formula is C14H11FINO. The van der Waals surface area contributed by atoms with Gasteiger partial charge < -0.3 is 5.73 Å². The van der Waals surface area contributed by atoms with Crippen LogP contribution >= 0.6 is 22.6 Å². The summed E-state index contributed by atoms with van der Waals surface area (Å²) in [4.78, 5) is 12.3. The Kier molecular flexibility index (Phi) is 3.65. The molecule has 0 radical (unpaired) electrons. The summed E-state index contributed by atoms with van der Waals surface area (Å²) < 4.78 is 13.6. The highest BCUT2D eigenvalue weighted by Crippen LogP contribution is 2.20. The van der Waals surface area contributed by atoms with E-state index < -0.39 is 0 Å². The van der Waals surface area contributed by atoms with Gasteiger partial charge in [0.15, 0.2) is 5.78 Å². The molecular weight excluding hydrogens is 344 g/mol. The second kappa shape index (κ2) is 5.06. The largest absolute Gasteiger partial charge is 0.399 e. The molecule has 0 unspecified atom stereocenters. The van der Waals surface area contributed by atoms with Crippen molar-refractivity contribution < 1.29 is 9.18 Å². The van der Waals surface area contributed by atoms with Gasteiger partial charge in [0, 0.05) is 20.4 Å². The average molecular weight is 355 g/mol. The molecule has 0 aliphatic heterocycles. The van der Waals surface area contributed by atoms with Crippen molar-refractivity contribution in [2.75, 3.05) is 5.73 Å². The average Bonchev–Trinajstić information content (AvgIpc) is 2.32. The Morgan fingerprint density at radius 3 is 2.56 bits per heavy atom. The van der Waals surface area contributed by atoms with Crippen LogP contribution in [0, 0.1) is 16.3 Å². The standard InChI is InChI=1S/C14H11FINO/c1-8-6-9(2-5-13(8)17)14(18)11-4-3-10(15)7-12(11)16/h2-7H,17H2,1H3. The van der Waals surface area contributed by atoms with Crippen molar-refractivity contribution in [3.8, 4) is 0 Å². The molecule has 18 heavy (non-hydrogen) atoms. The minimum absolute atomic E-state index is 0.123. The van der Waals surface area contributed by atoms with Gasteiger partial charge in [-0.2, -0.15) is 0 Å². The number of nitrogens with two attached hydrogens (primary N) is 1. The fraction of sp³-hybridized carbons (Fsp3) is 0.0714. The van der Waals surface area contributed by atoms with Crippen LogP contribution in [0.5, 0.6) is 0 Å². The van der Waals surface area contributed by atoms with E-state index in [9.17, 15) is 9.18 Å². The lowest BCUT2D eigenvalue weighted by atomic mass is 10.0. The van der Waals surface area contributed by atoms with Crippen molar-refractivity contribution in [2.24, 2.45) is 0 Å². The molecule has 0 aliphatic carbocycles. The summed E-state index contributed by atoms with van der Waals surface area (Å²) in [6.07, 6.45) is 0. The molecule has 0 bridgehead atoms. The SMILES string of the molecule is Cc1cc(C(=O)c2ccc(F)cc2I)ccc1N. The van der Waals surface area contributed by atoms with Crippen LogP contribution in [0.15, 0.2) is 36.4 Å². The Bertz CT molecular complexity index is 625. The maximum atomic E-state index is 13.0. The number of rotatable bonds is 2. The van der Waals surface area contributed by atoms with Crippen LogP contribution in [0.3, 0.4) is 0 Å². The van der Waals surface area contributed by atoms with Crippen LogP contribution in [-0.2, 0) is 0 Å². The highest BCUT2D eigenvalue weighted by molar-refractivity contribution is 14.1. The molecule has 92 valence electrons. The van der Waals surface area contributed by atoms with Gasteiger partial charge in [0.25, 0.3) is 0 Å². The Labute approximate surface area is 118 Å². The number of hydrogen-bond acceptors (Lipinski definition) is 2. The second-order valence-electron chi connectivity index (χ2n) is 4.02. The quantitative estimate of drug-likeness (QED) is 0.509. The minimum Gasteiger partial charge on any atom is -0.399 e. The molecule has 0 heterocycles. The van der Waals surface area contributed by atoms with Gasteiger partial charge in [0.1, 0.15) is 5.82 Å². The molecule has 4 heteroatoms. The number of hydrogen-bond donors (Lipinski definition) is 1. The molecule has 2 rings (SSSR count). The number of nitrogen functional groups attached to an aromatic ring is 1. The number of anilines is 1. The van der Waals surface area contributed by atoms with Gasteiger partial charge in [0.2, 0.25) is 0 Å². The van der Waals surface area contributed by atoms with Gasteiger partial charge in [-0.05, 0) is 71.5 Å². The Morgan fingerprint density at radius 2 is 1.94 bits per heavy atom. The van der Waals surface area contributed by atoms with Crippen LogP contribution in [0.4, 0.5) is 10.1 Å². The van der Waals surface area contributed by atoms with Gasteiger partial charge >= 0.3 is 0 Å². The summed E-state index contributed by atoms with van der Waals surface area (Å²) in [6.45, 7) is 1.85. The topological polar surface area (TPSA) is 43.1 Å². The molecule has 2 N–H and O–H groups in total. The maximum absolute atomic E-state index is 13.0. The van der Waals surface area contributed by atoms with E-state index in [-0.39, 0.29) is 11.6 Å². The molecule has 0 aliphatic rings. The number of carbonyl (C=O) groups excluding carboxylic acids is 1. The predicted octanol–water partition coefficient (Wildman–Crippen LogP) is 3.55. The Balaban J connectivity index is 2.44. The van der Waals surface area contributed by atoms with Crippen molar-refractivity contribution in [1.29, 1.82) is 0 Å². The van der Waals surface area contributed by atoms with Gasteiger partial charge in [-0.15, -0.1) is 0 Å². The van der Waals surface area contributed by atoms with Crippen molar-refractivity contribution in [3.63, 3.8) is 0 Å². The third kappa shape index (κ3) is 2.53. The highest BCUT2D eigenvalue weighted by Gasteiger charge is 2.13. The van der Waals surface area contributed by atoms with E-state index in [1.807, 2.05) is 29.5 Å². The molecule has 0 saturated carbocycles. The Morgan fingerprint density at radius 1 is 1.22 bits per heavy atom. The van der Waals surface area contributed by atoms with E-state index in [0.717, 1.165) is 5.56 Å². The fourth-order valence-electron chi connectivity index (χ4n) is 1.65. The first-order valence-electron chi connectivity index (χ1n) is 5.35. The van der Waals surface area contributed by atoms with Gasteiger partial charge in [-0.1, -0.05) is 0 Å². The predicted molar refractivity (Wildman–Crippen MR) is 78.1 cm³/mol. The maximum Gasteiger partial charge on any atom is 0.194 e. The first-order valence-corrected chi connectivity index (χ1v) is 6.43. The van der Waals surface area contributed by atoms with Crippen LogP contribution in [0.1, 0.15) is 21.5 Å². The Hall–Kier alpha value is -1.43. The van der Waals surface area contributed by atoms with E-state index in [0.29, 0.717) is 20.4 Å². The lowest BCUT2D eigenvalue weighted by molar-refractivity contribution is 0.103. The summed E-state index contributed by atoms with van der Waals surface area (Å²) in [5.74, 6) is -0.466. The molecule has 2 nitrogen and oxygen atoms in total. The van der Waals surface area contributed by atoms with E-state index in [4.69, 9.17) is 5.73 Å². The lowest BCUT2D eigenvalue weighted by Crippen LogP contribution is -2.05. The zero-order valence-electron chi connectivity index (χ0n) is 9.71. The zero-order valence-corrected chi connectivity index (χ0v) is 11.9. The highest BCUT2D eigenvalue weighted by atomic mass is 127. The molecule has 2 aromatic rings. The van der Waals surface area contributed by atoms with Gasteiger partial charge in [0.05, 0.1) is 0 Å². The van der Waals surface area contributed by atoms with Gasteiger partial charge in [-0.3, -0.25) is 4.79 Å². The number of benzene rings is 2. The summed E-state index contributed by atoms with van der Waals surface area (Å²) in [5, 5.41) is 0. The third-order valence-corrected chi connectivity index (χ3v) is 3.60. The number of ketones is 1. The smallest absolute Gasteiger partial charge is 0.194 e. The molecule has 0 atom stereocenters. The molecule has 0 fully saturated rings. The van der Waals surface area contributed by atoms with E-state index in [1.165, 1.54) is 18.2 Å². The van der Waals surface area contributed by atoms with E-state index in [1.54, 1.807) is 18.2 Å². The summed E-state index contributed by atoms with van der Waals surface area (Å²) >= 11 is 1.96. The van der Waals surface area contributed by atoms with Crippen LogP contribution < -0.4 is 5.73 Å². The van der Waals surface area contributed by atoms with Crippen molar-refractivity contribution in [2.45, 2.75) is 6.92 Å². The van der Waals surface area contributed by atoms with E-state index >= 15 is 0 Å². The van der Waals surface area contributed by atoms with Crippen molar-refractivity contribution in [3.05, 3.63) is 62.5 Å². The van der Waals surface area contributed by atoms with Crippen LogP contribution in [0.2, 0.25) is 0 Å². The second-order valence-corrected chi connectivity index (χ2v) is 5.19. The number of carbonyl (C=O) groups is 1. The van der Waals surface area contributed by atoms with Crippen molar-refractivity contribution >= 4 is 34.1 Å². The minimum atomic E-state index is -0.343. The molecule has 0 aromatic heterocycles. The van der Waals surface area contributed by atoms with E-state index in [2.05, 4.69) is 0 Å². The number of aryl methyl sites for hydroxylation is 1.